The Morgan fingerprint density at radius 1 is 1.21 bits per heavy atom. The fourth-order valence-electron chi connectivity index (χ4n) is 3.99. The minimum absolute atomic E-state index is 0. The molecule has 8 nitrogen and oxygen atoms in total. The van der Waals surface area contributed by atoms with Gasteiger partial charge in [0.15, 0.2) is 0 Å². The van der Waals surface area contributed by atoms with Crippen molar-refractivity contribution in [2.24, 2.45) is 0 Å². The van der Waals surface area contributed by atoms with Gasteiger partial charge in [-0.25, -0.2) is 9.78 Å². The third-order valence-electron chi connectivity index (χ3n) is 5.50. The molecule has 4 rings (SSSR count). The molecule has 2 aromatic heterocycles. The van der Waals surface area contributed by atoms with Crippen molar-refractivity contribution < 1.29 is 14.3 Å². The van der Waals surface area contributed by atoms with Gasteiger partial charge in [-0.1, -0.05) is 15.9 Å². The molecule has 1 atom stereocenters. The maximum atomic E-state index is 12.9. The maximum absolute atomic E-state index is 12.9. The van der Waals surface area contributed by atoms with Gasteiger partial charge in [0, 0.05) is 41.1 Å². The second-order valence-electron chi connectivity index (χ2n) is 7.64. The summed E-state index contributed by atoms with van der Waals surface area (Å²) in [6.45, 7) is 6.13. The third kappa shape index (κ3) is 5.59. The minimum atomic E-state index is -0.278. The molecule has 0 saturated carbocycles. The lowest BCUT2D eigenvalue weighted by atomic mass is 10.2. The van der Waals surface area contributed by atoms with Crippen LogP contribution in [0.25, 0.3) is 10.9 Å². The van der Waals surface area contributed by atoms with Crippen LogP contribution in [0, 0.1) is 0 Å². The number of carbonyl (C=O) groups excluding carboxylic acids is 2. The van der Waals surface area contributed by atoms with E-state index in [-0.39, 0.29) is 30.4 Å². The summed E-state index contributed by atoms with van der Waals surface area (Å²) in [6, 6.07) is 11.7. The summed E-state index contributed by atoms with van der Waals surface area (Å²) >= 11 is 3.48. The minimum Gasteiger partial charge on any atom is -0.450 e. The number of nitrogens with zero attached hydrogens (tertiary/aromatic N) is 3. The van der Waals surface area contributed by atoms with Gasteiger partial charge in [0.25, 0.3) is 5.91 Å². The fourth-order valence-corrected chi connectivity index (χ4v) is 4.37. The van der Waals surface area contributed by atoms with Crippen LogP contribution < -0.4 is 10.6 Å². The van der Waals surface area contributed by atoms with Gasteiger partial charge in [-0.15, -0.1) is 12.4 Å². The molecule has 176 valence electrons. The van der Waals surface area contributed by atoms with Crippen LogP contribution in [0.1, 0.15) is 30.8 Å². The molecule has 0 bridgehead atoms. The van der Waals surface area contributed by atoms with Crippen LogP contribution in [0.2, 0.25) is 0 Å². The molecule has 33 heavy (non-hydrogen) atoms. The van der Waals surface area contributed by atoms with E-state index in [1.165, 1.54) is 0 Å². The van der Waals surface area contributed by atoms with E-state index < -0.39 is 0 Å². The largest absolute Gasteiger partial charge is 0.450 e. The number of hydrogen-bond acceptors (Lipinski definition) is 5. The molecule has 0 unspecified atom stereocenters. The first kappa shape index (κ1) is 24.9. The zero-order chi connectivity index (χ0) is 22.7. The molecular formula is C23H27BrClN5O3. The summed E-state index contributed by atoms with van der Waals surface area (Å²) in [4.78, 5) is 30.9. The predicted molar refractivity (Wildman–Crippen MR) is 135 cm³/mol. The van der Waals surface area contributed by atoms with Crippen LogP contribution >= 0.6 is 28.3 Å². The molecule has 1 aliphatic heterocycles. The molecule has 2 amide bonds. The SMILES string of the molecule is CCOC(=O)N1CC[C@H](Nc2ccc(NC(=O)c3cc4cc(Br)ccc4n3CC)cn2)C1.Cl. The number of benzene rings is 1. The van der Waals surface area contributed by atoms with E-state index in [9.17, 15) is 9.59 Å². The van der Waals surface area contributed by atoms with Crippen LogP contribution in [0.5, 0.6) is 0 Å². The van der Waals surface area contributed by atoms with Crippen molar-refractivity contribution in [3.05, 3.63) is 52.8 Å². The average Bonchev–Trinajstić information content (AvgIpc) is 3.39. The monoisotopic (exact) mass is 535 g/mol. The Morgan fingerprint density at radius 3 is 2.73 bits per heavy atom. The van der Waals surface area contributed by atoms with Crippen molar-refractivity contribution in [2.75, 3.05) is 30.3 Å². The van der Waals surface area contributed by atoms with Gasteiger partial charge in [0.05, 0.1) is 18.5 Å². The first-order valence-corrected chi connectivity index (χ1v) is 11.5. The summed E-state index contributed by atoms with van der Waals surface area (Å²) in [7, 11) is 0. The number of aryl methyl sites for hydroxylation is 1. The Morgan fingerprint density at radius 2 is 2.03 bits per heavy atom. The van der Waals surface area contributed by atoms with Gasteiger partial charge in [0.2, 0.25) is 0 Å². The van der Waals surface area contributed by atoms with Crippen LogP contribution in [-0.2, 0) is 11.3 Å². The summed E-state index contributed by atoms with van der Waals surface area (Å²) < 4.78 is 8.03. The van der Waals surface area contributed by atoms with E-state index in [1.54, 1.807) is 18.0 Å². The Labute approximate surface area is 207 Å². The van der Waals surface area contributed by atoms with Crippen molar-refractivity contribution in [1.29, 1.82) is 0 Å². The number of amides is 2. The van der Waals surface area contributed by atoms with Gasteiger partial charge in [0.1, 0.15) is 11.5 Å². The third-order valence-corrected chi connectivity index (χ3v) is 5.99. The number of aromatic nitrogens is 2. The van der Waals surface area contributed by atoms with E-state index in [0.717, 1.165) is 21.8 Å². The second kappa shape index (κ2) is 10.9. The standard InChI is InChI=1S/C23H26BrN5O3.ClH/c1-3-29-19-7-5-16(24)11-15(19)12-20(29)22(30)27-17-6-8-21(25-13-17)26-18-9-10-28(14-18)23(31)32-4-2;/h5-8,11-13,18H,3-4,9-10,14H2,1-2H3,(H,25,26)(H,27,30);1H/t18-;/m0./s1. The lowest BCUT2D eigenvalue weighted by molar-refractivity contribution is 0.101. The number of carbonyl (C=O) groups is 2. The molecule has 1 saturated heterocycles. The smallest absolute Gasteiger partial charge is 0.409 e. The average molecular weight is 537 g/mol. The number of nitrogens with one attached hydrogen (secondary N) is 2. The zero-order valence-corrected chi connectivity index (χ0v) is 20.9. The number of pyridine rings is 1. The number of halogens is 2. The highest BCUT2D eigenvalue weighted by Gasteiger charge is 2.27. The first-order valence-electron chi connectivity index (χ1n) is 10.7. The fraction of sp³-hybridized carbons (Fsp3) is 0.348. The lowest BCUT2D eigenvalue weighted by Crippen LogP contribution is -2.32. The van der Waals surface area contributed by atoms with Gasteiger partial charge in [-0.05, 0) is 56.7 Å². The van der Waals surface area contributed by atoms with Crippen molar-refractivity contribution in [1.82, 2.24) is 14.5 Å². The molecule has 1 aromatic carbocycles. The number of rotatable bonds is 6. The number of likely N-dealkylation sites (tertiary alicyclic amines) is 1. The quantitative estimate of drug-likeness (QED) is 0.456. The zero-order valence-electron chi connectivity index (χ0n) is 18.5. The number of fused-ring (bicyclic) bond motifs is 1. The molecule has 1 fully saturated rings. The first-order chi connectivity index (χ1) is 15.5. The molecule has 0 radical (unpaired) electrons. The van der Waals surface area contributed by atoms with E-state index >= 15 is 0 Å². The Kier molecular flexibility index (Phi) is 8.20. The molecular weight excluding hydrogens is 510 g/mol. The summed E-state index contributed by atoms with van der Waals surface area (Å²) in [5, 5.41) is 7.29. The second-order valence-corrected chi connectivity index (χ2v) is 8.55. The van der Waals surface area contributed by atoms with E-state index in [4.69, 9.17) is 4.74 Å². The van der Waals surface area contributed by atoms with Crippen LogP contribution in [0.4, 0.5) is 16.3 Å². The van der Waals surface area contributed by atoms with E-state index in [1.807, 2.05) is 47.9 Å². The highest BCUT2D eigenvalue weighted by Crippen LogP contribution is 2.25. The lowest BCUT2D eigenvalue weighted by Gasteiger charge is -2.16. The van der Waals surface area contributed by atoms with E-state index in [2.05, 4.69) is 31.5 Å². The molecule has 3 aromatic rings. The Hall–Kier alpha value is -2.78. The molecule has 1 aliphatic rings. The number of ether oxygens (including phenoxy) is 1. The summed E-state index contributed by atoms with van der Waals surface area (Å²) in [5.41, 5.74) is 2.24. The van der Waals surface area contributed by atoms with Gasteiger partial charge < -0.3 is 24.8 Å². The molecule has 2 N–H and O–H groups in total. The van der Waals surface area contributed by atoms with Gasteiger partial charge in [-0.2, -0.15) is 0 Å². The summed E-state index contributed by atoms with van der Waals surface area (Å²) in [5.74, 6) is 0.522. The maximum Gasteiger partial charge on any atom is 0.409 e. The predicted octanol–water partition coefficient (Wildman–Crippen LogP) is 5.14. The number of hydrogen-bond donors (Lipinski definition) is 2. The Balaban J connectivity index is 0.00000306. The summed E-state index contributed by atoms with van der Waals surface area (Å²) in [6.07, 6.45) is 2.18. The number of anilines is 2. The highest BCUT2D eigenvalue weighted by atomic mass is 79.9. The van der Waals surface area contributed by atoms with Crippen molar-refractivity contribution in [3.8, 4) is 0 Å². The molecule has 10 heteroatoms. The van der Waals surface area contributed by atoms with Crippen LogP contribution in [-0.4, -0.2) is 52.2 Å². The molecule has 3 heterocycles. The molecule has 0 spiro atoms. The molecule has 0 aliphatic carbocycles. The van der Waals surface area contributed by atoms with Crippen LogP contribution in [0.15, 0.2) is 47.1 Å². The Bertz CT molecular complexity index is 1140. The van der Waals surface area contributed by atoms with Crippen molar-refractivity contribution >= 4 is 62.7 Å². The van der Waals surface area contributed by atoms with Crippen molar-refractivity contribution in [2.45, 2.75) is 32.9 Å². The van der Waals surface area contributed by atoms with Gasteiger partial charge >= 0.3 is 6.09 Å². The van der Waals surface area contributed by atoms with Gasteiger partial charge in [-0.3, -0.25) is 4.79 Å². The highest BCUT2D eigenvalue weighted by molar-refractivity contribution is 9.10. The van der Waals surface area contributed by atoms with E-state index in [0.29, 0.717) is 43.4 Å². The van der Waals surface area contributed by atoms with Crippen molar-refractivity contribution in [3.63, 3.8) is 0 Å². The normalized spacial score (nSPS) is 15.2. The van der Waals surface area contributed by atoms with Crippen LogP contribution in [0.3, 0.4) is 0 Å². The topological polar surface area (TPSA) is 88.5 Å².